The minimum Gasteiger partial charge on any atom is -0.439 e. The van der Waals surface area contributed by atoms with Crippen molar-refractivity contribution in [3.63, 3.8) is 0 Å². The van der Waals surface area contributed by atoms with Crippen LogP contribution in [0.3, 0.4) is 0 Å². The molecule has 2 aromatic carbocycles. The molecular weight excluding hydrogens is 269 g/mol. The number of fused-ring (bicyclic) bond motifs is 1. The Morgan fingerprint density at radius 2 is 1.90 bits per heavy atom. The number of nitrogen functional groups attached to an aromatic ring is 1. The number of halogens is 1. The minimum atomic E-state index is -0.224. The number of rotatable bonds is 4. The van der Waals surface area contributed by atoms with Gasteiger partial charge in [0.2, 0.25) is 5.89 Å². The molecule has 0 unspecified atom stereocenters. The van der Waals surface area contributed by atoms with Gasteiger partial charge in [0.15, 0.2) is 5.58 Å². The largest absolute Gasteiger partial charge is 0.439 e. The highest BCUT2D eigenvalue weighted by molar-refractivity contribution is 5.76. The van der Waals surface area contributed by atoms with Crippen LogP contribution in [0.25, 0.3) is 11.1 Å². The standard InChI is InChI=1S/C16H16FN3O/c1-20(9-11-2-4-12(17)5-3-11)10-16-19-14-7-6-13(18)8-15(14)21-16/h2-8H,9-10,18H2,1H3. The van der Waals surface area contributed by atoms with Crippen LogP contribution in [0.1, 0.15) is 11.5 Å². The zero-order chi connectivity index (χ0) is 14.8. The molecule has 0 spiro atoms. The summed E-state index contributed by atoms with van der Waals surface area (Å²) in [6, 6.07) is 11.9. The van der Waals surface area contributed by atoms with E-state index in [1.165, 1.54) is 12.1 Å². The van der Waals surface area contributed by atoms with Crippen LogP contribution in [0.4, 0.5) is 10.1 Å². The maximum absolute atomic E-state index is 12.9. The van der Waals surface area contributed by atoms with E-state index < -0.39 is 0 Å². The summed E-state index contributed by atoms with van der Waals surface area (Å²) in [7, 11) is 1.96. The van der Waals surface area contributed by atoms with E-state index in [9.17, 15) is 4.39 Å². The highest BCUT2D eigenvalue weighted by atomic mass is 19.1. The van der Waals surface area contributed by atoms with Gasteiger partial charge in [0.25, 0.3) is 0 Å². The maximum atomic E-state index is 12.9. The monoisotopic (exact) mass is 285 g/mol. The fraction of sp³-hybridized carbons (Fsp3) is 0.188. The van der Waals surface area contributed by atoms with E-state index in [0.29, 0.717) is 30.3 Å². The Balaban J connectivity index is 1.70. The van der Waals surface area contributed by atoms with E-state index in [1.54, 1.807) is 24.3 Å². The zero-order valence-corrected chi connectivity index (χ0v) is 11.7. The van der Waals surface area contributed by atoms with Crippen molar-refractivity contribution < 1.29 is 8.81 Å². The first-order chi connectivity index (χ1) is 10.1. The van der Waals surface area contributed by atoms with Gasteiger partial charge in [-0.1, -0.05) is 12.1 Å². The number of nitrogens with two attached hydrogens (primary N) is 1. The Hall–Kier alpha value is -2.40. The average Bonchev–Trinajstić information content (AvgIpc) is 2.82. The molecule has 0 saturated heterocycles. The van der Waals surface area contributed by atoms with Crippen molar-refractivity contribution >= 4 is 16.8 Å². The van der Waals surface area contributed by atoms with E-state index in [4.69, 9.17) is 10.2 Å². The summed E-state index contributed by atoms with van der Waals surface area (Å²) < 4.78 is 18.6. The molecule has 0 saturated carbocycles. The van der Waals surface area contributed by atoms with Crippen LogP contribution < -0.4 is 5.73 Å². The van der Waals surface area contributed by atoms with Crippen LogP contribution in [0.5, 0.6) is 0 Å². The molecular formula is C16H16FN3O. The number of benzene rings is 2. The van der Waals surface area contributed by atoms with Crippen LogP contribution in [0.15, 0.2) is 46.9 Å². The van der Waals surface area contributed by atoms with Crippen LogP contribution in [-0.4, -0.2) is 16.9 Å². The molecule has 0 fully saturated rings. The summed E-state index contributed by atoms with van der Waals surface area (Å²) >= 11 is 0. The van der Waals surface area contributed by atoms with E-state index in [0.717, 1.165) is 11.1 Å². The third-order valence-electron chi connectivity index (χ3n) is 3.23. The van der Waals surface area contributed by atoms with Gasteiger partial charge in [-0.15, -0.1) is 0 Å². The van der Waals surface area contributed by atoms with Crippen LogP contribution >= 0.6 is 0 Å². The maximum Gasteiger partial charge on any atom is 0.209 e. The van der Waals surface area contributed by atoms with Crippen molar-refractivity contribution in [3.05, 3.63) is 59.7 Å². The quantitative estimate of drug-likeness (QED) is 0.748. The van der Waals surface area contributed by atoms with Gasteiger partial charge >= 0.3 is 0 Å². The molecule has 0 amide bonds. The summed E-state index contributed by atoms with van der Waals surface area (Å²) in [5.41, 5.74) is 8.91. The molecule has 0 atom stereocenters. The third kappa shape index (κ3) is 3.20. The molecule has 0 aliphatic rings. The number of anilines is 1. The summed E-state index contributed by atoms with van der Waals surface area (Å²) in [5.74, 6) is 0.415. The summed E-state index contributed by atoms with van der Waals surface area (Å²) in [6.07, 6.45) is 0. The molecule has 5 heteroatoms. The van der Waals surface area contributed by atoms with Crippen LogP contribution in [0.2, 0.25) is 0 Å². The predicted molar refractivity (Wildman–Crippen MR) is 80.0 cm³/mol. The van der Waals surface area contributed by atoms with Gasteiger partial charge in [0.05, 0.1) is 6.54 Å². The highest BCUT2D eigenvalue weighted by Gasteiger charge is 2.09. The Labute approximate surface area is 122 Å². The Kier molecular flexibility index (Phi) is 3.58. The smallest absolute Gasteiger partial charge is 0.209 e. The van der Waals surface area contributed by atoms with Crippen molar-refractivity contribution in [1.29, 1.82) is 0 Å². The van der Waals surface area contributed by atoms with Crippen LogP contribution in [-0.2, 0) is 13.1 Å². The van der Waals surface area contributed by atoms with Crippen molar-refractivity contribution in [2.75, 3.05) is 12.8 Å². The number of hydrogen-bond donors (Lipinski definition) is 1. The van der Waals surface area contributed by atoms with E-state index >= 15 is 0 Å². The molecule has 21 heavy (non-hydrogen) atoms. The number of oxazole rings is 1. The molecule has 0 aliphatic heterocycles. The first-order valence-electron chi connectivity index (χ1n) is 6.68. The molecule has 0 radical (unpaired) electrons. The Morgan fingerprint density at radius 1 is 1.14 bits per heavy atom. The molecule has 108 valence electrons. The minimum absolute atomic E-state index is 0.224. The van der Waals surface area contributed by atoms with Crippen LogP contribution in [0, 0.1) is 5.82 Å². The average molecular weight is 285 g/mol. The van der Waals surface area contributed by atoms with Gasteiger partial charge in [0, 0.05) is 18.3 Å². The Bertz CT molecular complexity index is 752. The van der Waals surface area contributed by atoms with Gasteiger partial charge in [-0.3, -0.25) is 4.90 Å². The lowest BCUT2D eigenvalue weighted by Gasteiger charge is -2.14. The normalized spacial score (nSPS) is 11.4. The van der Waals surface area contributed by atoms with Gasteiger partial charge in [-0.05, 0) is 36.9 Å². The van der Waals surface area contributed by atoms with E-state index in [-0.39, 0.29) is 5.82 Å². The number of aromatic nitrogens is 1. The van der Waals surface area contributed by atoms with Crippen molar-refractivity contribution in [2.24, 2.45) is 0 Å². The zero-order valence-electron chi connectivity index (χ0n) is 11.7. The molecule has 0 aliphatic carbocycles. The summed E-state index contributed by atoms with van der Waals surface area (Å²) in [4.78, 5) is 6.48. The number of nitrogens with zero attached hydrogens (tertiary/aromatic N) is 2. The molecule has 2 N–H and O–H groups in total. The molecule has 3 aromatic rings. The van der Waals surface area contributed by atoms with Gasteiger partial charge in [-0.25, -0.2) is 9.37 Å². The van der Waals surface area contributed by atoms with Gasteiger partial charge in [0.1, 0.15) is 11.3 Å². The highest BCUT2D eigenvalue weighted by Crippen LogP contribution is 2.19. The summed E-state index contributed by atoms with van der Waals surface area (Å²) in [5, 5.41) is 0. The molecule has 4 nitrogen and oxygen atoms in total. The first-order valence-corrected chi connectivity index (χ1v) is 6.68. The Morgan fingerprint density at radius 3 is 2.67 bits per heavy atom. The van der Waals surface area contributed by atoms with Crippen molar-refractivity contribution in [2.45, 2.75) is 13.1 Å². The van der Waals surface area contributed by atoms with E-state index in [2.05, 4.69) is 9.88 Å². The lowest BCUT2D eigenvalue weighted by Crippen LogP contribution is -2.17. The summed E-state index contributed by atoms with van der Waals surface area (Å²) in [6.45, 7) is 1.27. The fourth-order valence-corrected chi connectivity index (χ4v) is 2.24. The molecule has 0 bridgehead atoms. The van der Waals surface area contributed by atoms with E-state index in [1.807, 2.05) is 13.1 Å². The second-order valence-electron chi connectivity index (χ2n) is 5.13. The SMILES string of the molecule is CN(Cc1ccc(F)cc1)Cc1nc2ccc(N)cc2o1. The lowest BCUT2D eigenvalue weighted by atomic mass is 10.2. The second-order valence-corrected chi connectivity index (χ2v) is 5.13. The predicted octanol–water partition coefficient (Wildman–Crippen LogP) is 3.18. The number of hydrogen-bond acceptors (Lipinski definition) is 4. The second kappa shape index (κ2) is 5.54. The van der Waals surface area contributed by atoms with Crippen molar-refractivity contribution in [3.8, 4) is 0 Å². The third-order valence-corrected chi connectivity index (χ3v) is 3.23. The lowest BCUT2D eigenvalue weighted by molar-refractivity contribution is 0.285. The molecule has 1 heterocycles. The van der Waals surface area contributed by atoms with Gasteiger partial charge in [-0.2, -0.15) is 0 Å². The fourth-order valence-electron chi connectivity index (χ4n) is 2.24. The molecule has 1 aromatic heterocycles. The topological polar surface area (TPSA) is 55.3 Å². The van der Waals surface area contributed by atoms with Gasteiger partial charge < -0.3 is 10.2 Å². The van der Waals surface area contributed by atoms with Crippen molar-refractivity contribution in [1.82, 2.24) is 9.88 Å². The molecule has 3 rings (SSSR count). The first kappa shape index (κ1) is 13.6.